The highest BCUT2D eigenvalue weighted by Gasteiger charge is 2.57. The van der Waals surface area contributed by atoms with E-state index in [1.54, 1.807) is 36.4 Å². The number of hydrogen-bond donors (Lipinski definition) is 2. The van der Waals surface area contributed by atoms with Crippen LogP contribution in [0.15, 0.2) is 54.7 Å². The van der Waals surface area contributed by atoms with E-state index in [0.717, 1.165) is 12.1 Å². The molecule has 5 rings (SSSR count). The molecule has 2 N–H and O–H groups in total. The number of aromatic nitrogens is 1. The number of ether oxygens (including phenoxy) is 2. The smallest absolute Gasteiger partial charge is 0.320 e. The first kappa shape index (κ1) is 19.6. The molecule has 2 aromatic carbocycles. The molecular weight excluding hydrogens is 428 g/mol. The summed E-state index contributed by atoms with van der Waals surface area (Å²) in [7, 11) is 0. The molecular formula is C22H16ClF2N3O3. The number of amides is 2. The Bertz CT molecular complexity index is 1160. The van der Waals surface area contributed by atoms with Gasteiger partial charge in [0.1, 0.15) is 23.1 Å². The Morgan fingerprint density at radius 3 is 2.74 bits per heavy atom. The number of anilines is 1. The van der Waals surface area contributed by atoms with Gasteiger partial charge >= 0.3 is 6.03 Å². The van der Waals surface area contributed by atoms with Gasteiger partial charge in [0.15, 0.2) is 11.6 Å². The largest absolute Gasteiger partial charge is 0.490 e. The maximum Gasteiger partial charge on any atom is 0.320 e. The monoisotopic (exact) mass is 443 g/mol. The van der Waals surface area contributed by atoms with Crippen molar-refractivity contribution >= 4 is 23.4 Å². The van der Waals surface area contributed by atoms with Crippen LogP contribution in [0, 0.1) is 17.6 Å². The summed E-state index contributed by atoms with van der Waals surface area (Å²) in [6.07, 6.45) is 1.47. The molecule has 2 heterocycles. The summed E-state index contributed by atoms with van der Waals surface area (Å²) in [5, 5.41) is 5.97. The van der Waals surface area contributed by atoms with Crippen molar-refractivity contribution in [1.29, 1.82) is 0 Å². The van der Waals surface area contributed by atoms with E-state index >= 15 is 0 Å². The number of fused-ring (bicyclic) bond motifs is 3. The molecule has 2 amide bonds. The Hall–Kier alpha value is -3.39. The molecule has 3 aromatic rings. The van der Waals surface area contributed by atoms with Gasteiger partial charge in [0.05, 0.1) is 12.8 Å². The number of nitrogens with zero attached hydrogens (tertiary/aromatic N) is 1. The van der Waals surface area contributed by atoms with Gasteiger partial charge in [-0.25, -0.2) is 18.6 Å². The summed E-state index contributed by atoms with van der Waals surface area (Å²) in [5.41, 5.74) is 0.183. The number of pyridine rings is 1. The fourth-order valence-corrected chi connectivity index (χ4v) is 4.02. The molecule has 0 unspecified atom stereocenters. The predicted octanol–water partition coefficient (Wildman–Crippen LogP) is 5.10. The van der Waals surface area contributed by atoms with Crippen LogP contribution >= 0.6 is 11.6 Å². The van der Waals surface area contributed by atoms with E-state index in [1.165, 1.54) is 6.20 Å². The summed E-state index contributed by atoms with van der Waals surface area (Å²) in [5.74, 6) is -0.260. The highest BCUT2D eigenvalue weighted by molar-refractivity contribution is 6.30. The molecule has 1 aliphatic heterocycles. The van der Waals surface area contributed by atoms with Gasteiger partial charge < -0.3 is 14.8 Å². The summed E-state index contributed by atoms with van der Waals surface area (Å²) >= 11 is 5.93. The lowest BCUT2D eigenvalue weighted by atomic mass is 10.0. The minimum absolute atomic E-state index is 0.0667. The molecule has 0 radical (unpaired) electrons. The molecule has 3 atom stereocenters. The predicted molar refractivity (Wildman–Crippen MR) is 110 cm³/mol. The molecule has 6 nitrogen and oxygen atoms in total. The minimum Gasteiger partial charge on any atom is -0.490 e. The summed E-state index contributed by atoms with van der Waals surface area (Å²) in [6, 6.07) is 11.5. The van der Waals surface area contributed by atoms with Crippen LogP contribution in [0.3, 0.4) is 0 Å². The van der Waals surface area contributed by atoms with Gasteiger partial charge in [-0.1, -0.05) is 17.7 Å². The van der Waals surface area contributed by atoms with Gasteiger partial charge in [0, 0.05) is 28.5 Å². The van der Waals surface area contributed by atoms with E-state index < -0.39 is 17.7 Å². The minimum atomic E-state index is -0.603. The third-order valence-electron chi connectivity index (χ3n) is 5.32. The lowest BCUT2D eigenvalue weighted by molar-refractivity contribution is 0.247. The number of halogens is 3. The third kappa shape index (κ3) is 3.86. The van der Waals surface area contributed by atoms with Gasteiger partial charge in [-0.15, -0.1) is 0 Å². The summed E-state index contributed by atoms with van der Waals surface area (Å²) in [6.45, 7) is 0.219. The van der Waals surface area contributed by atoms with Crippen LogP contribution in [-0.2, 0) is 0 Å². The highest BCUT2D eigenvalue weighted by Crippen LogP contribution is 2.55. The Kier molecular flexibility index (Phi) is 4.86. The Labute approximate surface area is 181 Å². The van der Waals surface area contributed by atoms with Crippen molar-refractivity contribution < 1.29 is 23.0 Å². The summed E-state index contributed by atoms with van der Waals surface area (Å²) in [4.78, 5) is 16.5. The van der Waals surface area contributed by atoms with Gasteiger partial charge in [-0.05, 0) is 42.5 Å². The van der Waals surface area contributed by atoms with Crippen molar-refractivity contribution in [2.24, 2.45) is 5.92 Å². The lowest BCUT2D eigenvalue weighted by Crippen LogP contribution is -2.32. The zero-order valence-corrected chi connectivity index (χ0v) is 16.7. The van der Waals surface area contributed by atoms with Gasteiger partial charge in [-0.2, -0.15) is 0 Å². The second-order valence-electron chi connectivity index (χ2n) is 7.34. The van der Waals surface area contributed by atoms with Gasteiger partial charge in [-0.3, -0.25) is 5.32 Å². The van der Waals surface area contributed by atoms with Crippen LogP contribution < -0.4 is 20.1 Å². The fraction of sp³-hybridized carbons (Fsp3) is 0.182. The molecule has 1 saturated carbocycles. The number of rotatable bonds is 4. The van der Waals surface area contributed by atoms with E-state index in [9.17, 15) is 13.6 Å². The molecule has 0 saturated heterocycles. The average molecular weight is 444 g/mol. The second-order valence-corrected chi connectivity index (χ2v) is 7.77. The average Bonchev–Trinajstić information content (AvgIpc) is 3.44. The molecule has 2 aliphatic rings. The van der Waals surface area contributed by atoms with E-state index in [0.29, 0.717) is 22.3 Å². The van der Waals surface area contributed by atoms with Crippen LogP contribution in [0.25, 0.3) is 0 Å². The van der Waals surface area contributed by atoms with Crippen molar-refractivity contribution in [3.05, 3.63) is 76.9 Å². The highest BCUT2D eigenvalue weighted by atomic mass is 35.5. The Morgan fingerprint density at radius 1 is 1.13 bits per heavy atom. The van der Waals surface area contributed by atoms with Crippen LogP contribution in [0.5, 0.6) is 17.2 Å². The number of carbonyl (C=O) groups is 1. The van der Waals surface area contributed by atoms with E-state index in [2.05, 4.69) is 15.6 Å². The number of nitrogens with one attached hydrogen (secondary N) is 2. The Balaban J connectivity index is 1.20. The van der Waals surface area contributed by atoms with E-state index in [1.807, 2.05) is 0 Å². The quantitative estimate of drug-likeness (QED) is 0.588. The normalized spacial score (nSPS) is 20.7. The number of urea groups is 1. The van der Waals surface area contributed by atoms with Crippen LogP contribution in [-0.4, -0.2) is 23.7 Å². The van der Waals surface area contributed by atoms with Crippen molar-refractivity contribution in [2.45, 2.75) is 12.0 Å². The first-order chi connectivity index (χ1) is 15.0. The van der Waals surface area contributed by atoms with Crippen molar-refractivity contribution in [1.82, 2.24) is 10.3 Å². The van der Waals surface area contributed by atoms with Crippen molar-refractivity contribution in [3.8, 4) is 17.2 Å². The SMILES string of the molecule is O=C(Nc1ccc(Oc2cccc(Cl)c2)cn1)N[C@@H]1[C@@H]2COc3c(F)ccc(F)c3[C@@H]21. The van der Waals surface area contributed by atoms with Crippen LogP contribution in [0.2, 0.25) is 5.02 Å². The second kappa shape index (κ2) is 7.70. The summed E-state index contributed by atoms with van der Waals surface area (Å²) < 4.78 is 39.1. The number of carbonyl (C=O) groups excluding carboxylic acids is 1. The van der Waals surface area contributed by atoms with Crippen LogP contribution in [0.1, 0.15) is 11.5 Å². The van der Waals surface area contributed by atoms with Crippen LogP contribution in [0.4, 0.5) is 19.4 Å². The third-order valence-corrected chi connectivity index (χ3v) is 5.56. The molecule has 9 heteroatoms. The molecule has 1 aromatic heterocycles. The molecule has 1 fully saturated rings. The molecule has 0 spiro atoms. The van der Waals surface area contributed by atoms with E-state index in [-0.39, 0.29) is 35.8 Å². The van der Waals surface area contributed by atoms with Crippen molar-refractivity contribution in [2.75, 3.05) is 11.9 Å². The lowest BCUT2D eigenvalue weighted by Gasteiger charge is -2.16. The molecule has 31 heavy (non-hydrogen) atoms. The first-order valence-electron chi connectivity index (χ1n) is 9.57. The van der Waals surface area contributed by atoms with Gasteiger partial charge in [0.2, 0.25) is 0 Å². The number of hydrogen-bond acceptors (Lipinski definition) is 4. The molecule has 158 valence electrons. The van der Waals surface area contributed by atoms with Gasteiger partial charge in [0.25, 0.3) is 0 Å². The van der Waals surface area contributed by atoms with E-state index in [4.69, 9.17) is 21.1 Å². The maximum atomic E-state index is 14.2. The Morgan fingerprint density at radius 2 is 1.97 bits per heavy atom. The molecule has 1 aliphatic carbocycles. The zero-order valence-electron chi connectivity index (χ0n) is 15.9. The molecule has 0 bridgehead atoms. The fourth-order valence-electron chi connectivity index (χ4n) is 3.84. The van der Waals surface area contributed by atoms with Crippen molar-refractivity contribution in [3.63, 3.8) is 0 Å². The number of benzene rings is 2. The maximum absolute atomic E-state index is 14.2. The topological polar surface area (TPSA) is 72.5 Å². The first-order valence-corrected chi connectivity index (χ1v) is 9.95. The standard InChI is InChI=1S/C22H16ClF2N3O3/c23-11-2-1-3-12(8-11)31-13-4-7-17(26-9-13)27-22(29)28-20-14-10-30-21-16(25)6-5-15(24)19(21)18(14)20/h1-9,14,18,20H,10H2,(H2,26,27,28,29)/t14-,18-,20-/m1/s1. The zero-order chi connectivity index (χ0) is 21.5.